The molecule has 0 amide bonds. The van der Waals surface area contributed by atoms with Crippen LogP contribution in [0.3, 0.4) is 0 Å². The number of nitrogens with zero attached hydrogens (tertiary/aromatic N) is 2. The Morgan fingerprint density at radius 1 is 1.00 bits per heavy atom. The van der Waals surface area contributed by atoms with Gasteiger partial charge in [0.15, 0.2) is 0 Å². The fourth-order valence-electron chi connectivity index (χ4n) is 3.04. The monoisotopic (exact) mass is 342 g/mol. The summed E-state index contributed by atoms with van der Waals surface area (Å²) in [5.41, 5.74) is 1.40. The molecular weight excluding hydrogens is 323 g/mol. The number of hydrogen-bond donors (Lipinski definition) is 0. The molecule has 0 aromatic heterocycles. The SMILES string of the molecule is Ic1ccc(N2CCN3CCCCC3C2)cc1. The zero-order valence-electron chi connectivity index (χ0n) is 10.1. The summed E-state index contributed by atoms with van der Waals surface area (Å²) in [7, 11) is 0. The van der Waals surface area contributed by atoms with Crippen LogP contribution in [0.4, 0.5) is 5.69 Å². The number of halogens is 1. The van der Waals surface area contributed by atoms with E-state index in [0.717, 1.165) is 6.04 Å². The van der Waals surface area contributed by atoms with Crippen LogP contribution in [0.15, 0.2) is 24.3 Å². The standard InChI is InChI=1S/C14H19IN2/c15-12-4-6-13(7-5-12)17-10-9-16-8-2-1-3-14(16)11-17/h4-7,14H,1-3,8-11H2. The second-order valence-corrected chi connectivity index (χ2v) is 6.35. The van der Waals surface area contributed by atoms with Gasteiger partial charge in [0.25, 0.3) is 0 Å². The van der Waals surface area contributed by atoms with Crippen LogP contribution in [0.1, 0.15) is 19.3 Å². The lowest BCUT2D eigenvalue weighted by Crippen LogP contribution is -2.54. The third-order valence-electron chi connectivity index (χ3n) is 4.03. The van der Waals surface area contributed by atoms with Crippen molar-refractivity contribution in [1.82, 2.24) is 4.90 Å². The molecule has 17 heavy (non-hydrogen) atoms. The molecule has 2 aliphatic rings. The normalized spacial score (nSPS) is 25.7. The molecule has 2 aliphatic heterocycles. The first-order valence-corrected chi connectivity index (χ1v) is 7.65. The molecule has 1 atom stereocenters. The number of benzene rings is 1. The predicted molar refractivity (Wildman–Crippen MR) is 80.6 cm³/mol. The third-order valence-corrected chi connectivity index (χ3v) is 4.75. The Balaban J connectivity index is 1.71. The highest BCUT2D eigenvalue weighted by molar-refractivity contribution is 14.1. The van der Waals surface area contributed by atoms with Crippen LogP contribution in [0.25, 0.3) is 0 Å². The maximum atomic E-state index is 2.69. The lowest BCUT2D eigenvalue weighted by molar-refractivity contribution is 0.133. The van der Waals surface area contributed by atoms with Crippen molar-refractivity contribution in [3.05, 3.63) is 27.8 Å². The number of rotatable bonds is 1. The molecule has 3 heteroatoms. The summed E-state index contributed by atoms with van der Waals surface area (Å²) in [5.74, 6) is 0. The molecule has 0 radical (unpaired) electrons. The van der Waals surface area contributed by atoms with E-state index in [1.807, 2.05) is 0 Å². The Labute approximate surface area is 117 Å². The molecule has 1 aromatic rings. The first kappa shape index (κ1) is 11.8. The average Bonchev–Trinajstić information content (AvgIpc) is 2.39. The summed E-state index contributed by atoms with van der Waals surface area (Å²) in [4.78, 5) is 5.25. The zero-order chi connectivity index (χ0) is 11.7. The van der Waals surface area contributed by atoms with E-state index in [4.69, 9.17) is 0 Å². The fourth-order valence-corrected chi connectivity index (χ4v) is 3.40. The number of anilines is 1. The lowest BCUT2D eigenvalue weighted by Gasteiger charge is -2.44. The van der Waals surface area contributed by atoms with Crippen LogP contribution < -0.4 is 4.90 Å². The van der Waals surface area contributed by atoms with Gasteiger partial charge in [-0.1, -0.05) is 6.42 Å². The van der Waals surface area contributed by atoms with Crippen LogP contribution >= 0.6 is 22.6 Å². The first-order chi connectivity index (χ1) is 8.33. The number of piperazine rings is 1. The Morgan fingerprint density at radius 2 is 1.82 bits per heavy atom. The molecule has 1 aromatic carbocycles. The van der Waals surface area contributed by atoms with Gasteiger partial charge in [0.1, 0.15) is 0 Å². The summed E-state index contributed by atoms with van der Waals surface area (Å²) in [6.45, 7) is 4.99. The average molecular weight is 342 g/mol. The molecule has 0 spiro atoms. The van der Waals surface area contributed by atoms with Gasteiger partial charge in [-0.2, -0.15) is 0 Å². The van der Waals surface area contributed by atoms with Crippen molar-refractivity contribution in [2.45, 2.75) is 25.3 Å². The van der Waals surface area contributed by atoms with Crippen LogP contribution in [-0.4, -0.2) is 37.1 Å². The van der Waals surface area contributed by atoms with E-state index in [1.165, 1.54) is 54.7 Å². The summed E-state index contributed by atoms with van der Waals surface area (Å²) in [6, 6.07) is 9.75. The van der Waals surface area contributed by atoms with Crippen molar-refractivity contribution < 1.29 is 0 Å². The molecule has 1 unspecified atom stereocenters. The van der Waals surface area contributed by atoms with E-state index >= 15 is 0 Å². The molecule has 92 valence electrons. The van der Waals surface area contributed by atoms with E-state index < -0.39 is 0 Å². The topological polar surface area (TPSA) is 6.48 Å². The highest BCUT2D eigenvalue weighted by Gasteiger charge is 2.28. The van der Waals surface area contributed by atoms with Crippen molar-refractivity contribution in [3.63, 3.8) is 0 Å². The van der Waals surface area contributed by atoms with Gasteiger partial charge in [-0.15, -0.1) is 0 Å². The van der Waals surface area contributed by atoms with Crippen molar-refractivity contribution in [3.8, 4) is 0 Å². The van der Waals surface area contributed by atoms with Crippen molar-refractivity contribution in [1.29, 1.82) is 0 Å². The highest BCUT2D eigenvalue weighted by atomic mass is 127. The molecule has 0 saturated carbocycles. The maximum Gasteiger partial charge on any atom is 0.0367 e. The van der Waals surface area contributed by atoms with Crippen molar-refractivity contribution >= 4 is 28.3 Å². The Morgan fingerprint density at radius 3 is 2.65 bits per heavy atom. The Kier molecular flexibility index (Phi) is 3.56. The highest BCUT2D eigenvalue weighted by Crippen LogP contribution is 2.25. The maximum absolute atomic E-state index is 2.69. The lowest BCUT2D eigenvalue weighted by atomic mass is 9.99. The smallest absolute Gasteiger partial charge is 0.0367 e. The molecule has 2 nitrogen and oxygen atoms in total. The number of fused-ring (bicyclic) bond motifs is 1. The number of piperidine rings is 1. The van der Waals surface area contributed by atoms with Crippen LogP contribution in [0.5, 0.6) is 0 Å². The zero-order valence-corrected chi connectivity index (χ0v) is 12.3. The largest absolute Gasteiger partial charge is 0.369 e. The molecule has 3 rings (SSSR count). The first-order valence-electron chi connectivity index (χ1n) is 6.57. The van der Waals surface area contributed by atoms with Gasteiger partial charge in [-0.25, -0.2) is 0 Å². The van der Waals surface area contributed by atoms with Gasteiger partial charge in [-0.05, 0) is 66.2 Å². The van der Waals surface area contributed by atoms with Crippen LogP contribution in [-0.2, 0) is 0 Å². The summed E-state index contributed by atoms with van der Waals surface area (Å²) >= 11 is 2.37. The third kappa shape index (κ3) is 2.60. The Bertz CT molecular complexity index is 376. The van der Waals surface area contributed by atoms with Gasteiger partial charge in [0.2, 0.25) is 0 Å². The van der Waals surface area contributed by atoms with E-state index in [1.54, 1.807) is 0 Å². The summed E-state index contributed by atoms with van der Waals surface area (Å²) in [5, 5.41) is 0. The molecule has 0 N–H and O–H groups in total. The minimum Gasteiger partial charge on any atom is -0.369 e. The van der Waals surface area contributed by atoms with Gasteiger partial charge in [-0.3, -0.25) is 4.90 Å². The van der Waals surface area contributed by atoms with Gasteiger partial charge >= 0.3 is 0 Å². The second kappa shape index (κ2) is 5.14. The minimum absolute atomic E-state index is 0.803. The van der Waals surface area contributed by atoms with E-state index in [-0.39, 0.29) is 0 Å². The van der Waals surface area contributed by atoms with E-state index in [9.17, 15) is 0 Å². The quantitative estimate of drug-likeness (QED) is 0.724. The minimum atomic E-state index is 0.803. The van der Waals surface area contributed by atoms with E-state index in [2.05, 4.69) is 56.7 Å². The molecular formula is C14H19IN2. The van der Waals surface area contributed by atoms with Gasteiger partial charge in [0.05, 0.1) is 0 Å². The summed E-state index contributed by atoms with van der Waals surface area (Å²) in [6.07, 6.45) is 4.21. The molecule has 2 heterocycles. The molecule has 2 saturated heterocycles. The molecule has 2 fully saturated rings. The fraction of sp³-hybridized carbons (Fsp3) is 0.571. The second-order valence-electron chi connectivity index (χ2n) is 5.11. The summed E-state index contributed by atoms with van der Waals surface area (Å²) < 4.78 is 1.32. The molecule has 0 aliphatic carbocycles. The van der Waals surface area contributed by atoms with Crippen LogP contribution in [0.2, 0.25) is 0 Å². The predicted octanol–water partition coefficient (Wildman–Crippen LogP) is 2.97. The molecule has 0 bridgehead atoms. The van der Waals surface area contributed by atoms with Crippen LogP contribution in [0, 0.1) is 3.57 Å². The van der Waals surface area contributed by atoms with Crippen molar-refractivity contribution in [2.24, 2.45) is 0 Å². The Hall–Kier alpha value is -0.290. The van der Waals surface area contributed by atoms with Crippen molar-refractivity contribution in [2.75, 3.05) is 31.1 Å². The number of hydrogen-bond acceptors (Lipinski definition) is 2. The van der Waals surface area contributed by atoms with Gasteiger partial charge < -0.3 is 4.90 Å². The van der Waals surface area contributed by atoms with Gasteiger partial charge in [0, 0.05) is 34.9 Å². The van der Waals surface area contributed by atoms with E-state index in [0.29, 0.717) is 0 Å².